The second kappa shape index (κ2) is 9.47. The minimum absolute atomic E-state index is 0.296. The summed E-state index contributed by atoms with van der Waals surface area (Å²) in [4.78, 5) is 12.9. The highest BCUT2D eigenvalue weighted by Gasteiger charge is 2.42. The zero-order valence-electron chi connectivity index (χ0n) is 18.0. The summed E-state index contributed by atoms with van der Waals surface area (Å²) in [5.41, 5.74) is 0.155. The molecule has 0 saturated heterocycles. The maximum atomic E-state index is 12.9. The van der Waals surface area contributed by atoms with Gasteiger partial charge >= 0.3 is 5.97 Å². The van der Waals surface area contributed by atoms with Crippen molar-refractivity contribution >= 4 is 5.97 Å². The van der Waals surface area contributed by atoms with E-state index in [1.807, 2.05) is 81.4 Å². The first-order valence-corrected chi connectivity index (χ1v) is 10.6. The molecule has 3 rings (SSSR count). The average molecular weight is 406 g/mol. The number of esters is 1. The number of aliphatic hydroxyl groups is 1. The third-order valence-corrected chi connectivity index (χ3v) is 5.20. The molecule has 4 nitrogen and oxygen atoms in total. The van der Waals surface area contributed by atoms with Crippen molar-refractivity contribution in [2.75, 3.05) is 0 Å². The van der Waals surface area contributed by atoms with Crippen LogP contribution in [-0.4, -0.2) is 34.4 Å². The number of ether oxygens (including phenoxy) is 1. The van der Waals surface area contributed by atoms with Gasteiger partial charge in [0.05, 0.1) is 0 Å². The second-order valence-corrected chi connectivity index (χ2v) is 8.93. The molecule has 2 aromatic rings. The topological polar surface area (TPSA) is 58.6 Å². The lowest BCUT2D eigenvalue weighted by molar-refractivity contribution is -0.158. The summed E-state index contributed by atoms with van der Waals surface area (Å²) in [7, 11) is 0. The van der Waals surface area contributed by atoms with Crippen LogP contribution in [0.1, 0.15) is 51.2 Å². The molecule has 4 heteroatoms. The van der Waals surface area contributed by atoms with Gasteiger partial charge < -0.3 is 9.84 Å². The van der Waals surface area contributed by atoms with Crippen LogP contribution in [0, 0.1) is 11.8 Å². The Bertz CT molecular complexity index is 893. The molecule has 1 aliphatic carbocycles. The largest absolute Gasteiger partial charge is 0.459 e. The second-order valence-electron chi connectivity index (χ2n) is 8.93. The molecule has 0 spiro atoms. The third-order valence-electron chi connectivity index (χ3n) is 5.20. The van der Waals surface area contributed by atoms with Crippen LogP contribution in [0.25, 0.3) is 0 Å². The van der Waals surface area contributed by atoms with E-state index >= 15 is 0 Å². The Morgan fingerprint density at radius 2 is 1.80 bits per heavy atom. The van der Waals surface area contributed by atoms with Crippen molar-refractivity contribution < 1.29 is 14.6 Å². The van der Waals surface area contributed by atoms with E-state index in [2.05, 4.69) is 17.2 Å². The highest BCUT2D eigenvalue weighted by Crippen LogP contribution is 2.30. The summed E-state index contributed by atoms with van der Waals surface area (Å²) in [5.74, 6) is 5.85. The van der Waals surface area contributed by atoms with Crippen molar-refractivity contribution in [1.82, 2.24) is 5.32 Å². The molecule has 0 bridgehead atoms. The lowest BCUT2D eigenvalue weighted by Crippen LogP contribution is -2.54. The van der Waals surface area contributed by atoms with Gasteiger partial charge in [-0.2, -0.15) is 0 Å². The van der Waals surface area contributed by atoms with Gasteiger partial charge in [0.2, 0.25) is 0 Å². The highest BCUT2D eigenvalue weighted by molar-refractivity contribution is 5.76. The smallest absolute Gasteiger partial charge is 0.324 e. The SMILES string of the molecule is CC(C)(C)OC(=O)[C@H](Cc1ccccc1)N[C@H]1CCC[C@]1(O)C#Cc1ccccc1. The van der Waals surface area contributed by atoms with E-state index in [9.17, 15) is 9.90 Å². The normalized spacial score (nSPS) is 22.1. The van der Waals surface area contributed by atoms with Crippen LogP contribution in [0.15, 0.2) is 60.7 Å². The fourth-order valence-corrected chi connectivity index (χ4v) is 3.74. The van der Waals surface area contributed by atoms with Crippen LogP contribution < -0.4 is 5.32 Å². The van der Waals surface area contributed by atoms with E-state index in [0.717, 1.165) is 24.0 Å². The number of carbonyl (C=O) groups excluding carboxylic acids is 1. The van der Waals surface area contributed by atoms with Gasteiger partial charge in [0.25, 0.3) is 0 Å². The molecule has 0 heterocycles. The van der Waals surface area contributed by atoms with E-state index in [1.54, 1.807) is 0 Å². The fourth-order valence-electron chi connectivity index (χ4n) is 3.74. The van der Waals surface area contributed by atoms with Gasteiger partial charge in [0.15, 0.2) is 0 Å². The van der Waals surface area contributed by atoms with Crippen LogP contribution in [0.3, 0.4) is 0 Å². The van der Waals surface area contributed by atoms with E-state index in [-0.39, 0.29) is 12.0 Å². The zero-order chi connectivity index (χ0) is 21.6. The van der Waals surface area contributed by atoms with E-state index in [4.69, 9.17) is 4.74 Å². The first-order chi connectivity index (χ1) is 14.3. The number of nitrogens with one attached hydrogen (secondary N) is 1. The molecule has 1 aliphatic rings. The van der Waals surface area contributed by atoms with Gasteiger partial charge in [-0.25, -0.2) is 0 Å². The molecule has 158 valence electrons. The summed E-state index contributed by atoms with van der Waals surface area (Å²) in [6.45, 7) is 5.59. The number of hydrogen-bond donors (Lipinski definition) is 2. The van der Waals surface area contributed by atoms with Gasteiger partial charge in [-0.3, -0.25) is 10.1 Å². The summed E-state index contributed by atoms with van der Waals surface area (Å²) < 4.78 is 5.66. The van der Waals surface area contributed by atoms with Crippen LogP contribution in [0.4, 0.5) is 0 Å². The maximum absolute atomic E-state index is 12.9. The quantitative estimate of drug-likeness (QED) is 0.586. The molecule has 2 aromatic carbocycles. The van der Waals surface area contributed by atoms with E-state index in [0.29, 0.717) is 12.8 Å². The zero-order valence-corrected chi connectivity index (χ0v) is 18.0. The summed E-state index contributed by atoms with van der Waals surface area (Å²) in [6, 6.07) is 18.6. The van der Waals surface area contributed by atoms with Crippen molar-refractivity contribution in [2.24, 2.45) is 0 Å². The Kier molecular flexibility index (Phi) is 6.97. The highest BCUT2D eigenvalue weighted by atomic mass is 16.6. The molecule has 0 radical (unpaired) electrons. The Morgan fingerprint density at radius 3 is 2.43 bits per heavy atom. The van der Waals surface area contributed by atoms with Gasteiger partial charge in [-0.15, -0.1) is 0 Å². The lowest BCUT2D eigenvalue weighted by atomic mass is 9.95. The predicted octanol–water partition coefficient (Wildman–Crippen LogP) is 3.86. The predicted molar refractivity (Wildman–Crippen MR) is 119 cm³/mol. The van der Waals surface area contributed by atoms with Crippen LogP contribution in [-0.2, 0) is 16.0 Å². The van der Waals surface area contributed by atoms with Crippen molar-refractivity contribution in [2.45, 2.75) is 69.7 Å². The first-order valence-electron chi connectivity index (χ1n) is 10.6. The fraction of sp³-hybridized carbons (Fsp3) is 0.423. The van der Waals surface area contributed by atoms with Gasteiger partial charge in [-0.05, 0) is 64.2 Å². The molecule has 3 atom stereocenters. The van der Waals surface area contributed by atoms with Crippen molar-refractivity contribution in [1.29, 1.82) is 0 Å². The molecule has 30 heavy (non-hydrogen) atoms. The van der Waals surface area contributed by atoms with Gasteiger partial charge in [0, 0.05) is 11.6 Å². The van der Waals surface area contributed by atoms with Crippen LogP contribution in [0.2, 0.25) is 0 Å². The molecule has 1 saturated carbocycles. The van der Waals surface area contributed by atoms with Crippen LogP contribution in [0.5, 0.6) is 0 Å². The Morgan fingerprint density at radius 1 is 1.17 bits per heavy atom. The Hall–Kier alpha value is -2.61. The summed E-state index contributed by atoms with van der Waals surface area (Å²) >= 11 is 0. The van der Waals surface area contributed by atoms with Crippen LogP contribution >= 0.6 is 0 Å². The van der Waals surface area contributed by atoms with Gasteiger partial charge in [-0.1, -0.05) is 60.4 Å². The molecular formula is C26H31NO3. The monoisotopic (exact) mass is 405 g/mol. The molecule has 0 aromatic heterocycles. The summed E-state index contributed by atoms with van der Waals surface area (Å²) in [6.07, 6.45) is 2.68. The number of hydrogen-bond acceptors (Lipinski definition) is 4. The lowest BCUT2D eigenvalue weighted by Gasteiger charge is -2.31. The molecule has 2 N–H and O–H groups in total. The number of rotatable bonds is 5. The molecule has 0 amide bonds. The van der Waals surface area contributed by atoms with Crippen molar-refractivity contribution in [3.63, 3.8) is 0 Å². The maximum Gasteiger partial charge on any atom is 0.324 e. The van der Waals surface area contributed by atoms with Crippen molar-refractivity contribution in [3.05, 3.63) is 71.8 Å². The molecular weight excluding hydrogens is 374 g/mol. The minimum Gasteiger partial charge on any atom is -0.459 e. The summed E-state index contributed by atoms with van der Waals surface area (Å²) in [5, 5.41) is 14.6. The molecule has 1 fully saturated rings. The Balaban J connectivity index is 1.79. The Labute approximate surface area is 179 Å². The average Bonchev–Trinajstić information content (AvgIpc) is 3.07. The molecule has 0 aliphatic heterocycles. The van der Waals surface area contributed by atoms with E-state index in [1.165, 1.54) is 0 Å². The standard InChI is InChI=1S/C26H31NO3/c1-25(2,3)30-24(28)22(19-21-13-8-5-9-14-21)27-23-15-10-17-26(23,29)18-16-20-11-6-4-7-12-20/h4-9,11-14,22-23,27,29H,10,15,17,19H2,1-3H3/t22-,23-,26-/m0/s1. The van der Waals surface area contributed by atoms with Gasteiger partial charge in [0.1, 0.15) is 17.2 Å². The van der Waals surface area contributed by atoms with E-state index < -0.39 is 17.2 Å². The number of carbonyl (C=O) groups is 1. The first kappa shape index (κ1) is 22.1. The minimum atomic E-state index is -1.17. The third kappa shape index (κ3) is 6.19. The van der Waals surface area contributed by atoms with Crippen molar-refractivity contribution in [3.8, 4) is 11.8 Å². The molecule has 0 unspecified atom stereocenters. The number of benzene rings is 2.